The third-order valence-electron chi connectivity index (χ3n) is 2.81. The zero-order valence-corrected chi connectivity index (χ0v) is 10.9. The Kier molecular flexibility index (Phi) is 3.67. The fourth-order valence-corrected chi connectivity index (χ4v) is 3.12. The number of sulfonamides is 1. The fourth-order valence-electron chi connectivity index (χ4n) is 1.98. The van der Waals surface area contributed by atoms with Gasteiger partial charge < -0.3 is 4.90 Å². The standard InChI is InChI=1S/C10H16N4O3S/c1-8(7-14-4-2-3-10(14)15)13-18(16,17)9-5-11-12-6-9/h5-6,8,13H,2-4,7H2,1H3,(H,11,12). The second-order valence-electron chi connectivity index (χ2n) is 4.40. The van der Waals surface area contributed by atoms with E-state index in [-0.39, 0.29) is 16.8 Å². The molecule has 0 radical (unpaired) electrons. The molecule has 1 fully saturated rings. The Bertz CT molecular complexity index is 511. The van der Waals surface area contributed by atoms with Crippen LogP contribution in [-0.2, 0) is 14.8 Å². The number of aromatic amines is 1. The van der Waals surface area contributed by atoms with Crippen LogP contribution in [0.4, 0.5) is 0 Å². The first-order chi connectivity index (χ1) is 8.49. The summed E-state index contributed by atoms with van der Waals surface area (Å²) in [6.07, 6.45) is 3.97. The topological polar surface area (TPSA) is 95.2 Å². The van der Waals surface area contributed by atoms with Crippen LogP contribution < -0.4 is 4.72 Å². The molecule has 1 atom stereocenters. The van der Waals surface area contributed by atoms with E-state index in [0.29, 0.717) is 19.5 Å². The number of rotatable bonds is 5. The van der Waals surface area contributed by atoms with Crippen LogP contribution in [0.15, 0.2) is 17.3 Å². The van der Waals surface area contributed by atoms with Gasteiger partial charge in [0.05, 0.1) is 6.20 Å². The van der Waals surface area contributed by atoms with Crippen molar-refractivity contribution in [3.05, 3.63) is 12.4 Å². The monoisotopic (exact) mass is 272 g/mol. The molecular weight excluding hydrogens is 256 g/mol. The molecule has 0 bridgehead atoms. The predicted octanol–water partition coefficient (Wildman–Crippen LogP) is -0.301. The summed E-state index contributed by atoms with van der Waals surface area (Å²) < 4.78 is 26.3. The number of hydrogen-bond donors (Lipinski definition) is 2. The van der Waals surface area contributed by atoms with Crippen molar-refractivity contribution in [1.29, 1.82) is 0 Å². The Morgan fingerprint density at radius 3 is 2.94 bits per heavy atom. The molecule has 8 heteroatoms. The first kappa shape index (κ1) is 13.0. The summed E-state index contributed by atoms with van der Waals surface area (Å²) >= 11 is 0. The lowest BCUT2D eigenvalue weighted by molar-refractivity contribution is -0.127. The molecule has 7 nitrogen and oxygen atoms in total. The molecule has 0 saturated carbocycles. The Morgan fingerprint density at radius 2 is 2.39 bits per heavy atom. The second kappa shape index (κ2) is 5.07. The van der Waals surface area contributed by atoms with Gasteiger partial charge in [-0.3, -0.25) is 9.89 Å². The van der Waals surface area contributed by atoms with Crippen LogP contribution >= 0.6 is 0 Å². The smallest absolute Gasteiger partial charge is 0.243 e. The number of nitrogens with one attached hydrogen (secondary N) is 2. The molecule has 0 aromatic carbocycles. The summed E-state index contributed by atoms with van der Waals surface area (Å²) in [4.78, 5) is 13.2. The highest BCUT2D eigenvalue weighted by atomic mass is 32.2. The zero-order valence-electron chi connectivity index (χ0n) is 10.1. The molecule has 1 aliphatic heterocycles. The minimum atomic E-state index is -3.56. The fraction of sp³-hybridized carbons (Fsp3) is 0.600. The molecule has 1 saturated heterocycles. The molecule has 2 heterocycles. The SMILES string of the molecule is CC(CN1CCCC1=O)NS(=O)(=O)c1cn[nH]c1. The molecule has 0 aliphatic carbocycles. The number of carbonyl (C=O) groups is 1. The van der Waals surface area contributed by atoms with Gasteiger partial charge in [-0.25, -0.2) is 13.1 Å². The molecule has 1 aromatic heterocycles. The highest BCUT2D eigenvalue weighted by Gasteiger charge is 2.24. The van der Waals surface area contributed by atoms with E-state index in [4.69, 9.17) is 0 Å². The van der Waals surface area contributed by atoms with Crippen LogP contribution in [0.25, 0.3) is 0 Å². The number of amides is 1. The largest absolute Gasteiger partial charge is 0.341 e. The van der Waals surface area contributed by atoms with Crippen LogP contribution in [0.2, 0.25) is 0 Å². The Morgan fingerprint density at radius 1 is 1.61 bits per heavy atom. The third-order valence-corrected chi connectivity index (χ3v) is 4.36. The maximum Gasteiger partial charge on any atom is 0.243 e. The van der Waals surface area contributed by atoms with Crippen molar-refractivity contribution in [3.63, 3.8) is 0 Å². The summed E-state index contributed by atoms with van der Waals surface area (Å²) in [7, 11) is -3.56. The first-order valence-corrected chi connectivity index (χ1v) is 7.26. The van der Waals surface area contributed by atoms with Crippen molar-refractivity contribution in [3.8, 4) is 0 Å². The van der Waals surface area contributed by atoms with E-state index < -0.39 is 10.0 Å². The molecule has 2 rings (SSSR count). The molecule has 1 aliphatic rings. The van der Waals surface area contributed by atoms with E-state index in [1.54, 1.807) is 11.8 Å². The summed E-state index contributed by atoms with van der Waals surface area (Å²) in [5, 5.41) is 6.06. The van der Waals surface area contributed by atoms with E-state index >= 15 is 0 Å². The van der Waals surface area contributed by atoms with Gasteiger partial charge in [-0.05, 0) is 13.3 Å². The van der Waals surface area contributed by atoms with Gasteiger partial charge in [-0.15, -0.1) is 0 Å². The highest BCUT2D eigenvalue weighted by molar-refractivity contribution is 7.89. The van der Waals surface area contributed by atoms with Crippen molar-refractivity contribution >= 4 is 15.9 Å². The number of carbonyl (C=O) groups excluding carboxylic acids is 1. The minimum Gasteiger partial charge on any atom is -0.341 e. The normalized spacial score (nSPS) is 18.3. The Labute approximate surface area is 106 Å². The maximum atomic E-state index is 11.9. The Balaban J connectivity index is 1.95. The molecular formula is C10H16N4O3S. The Hall–Kier alpha value is -1.41. The number of aromatic nitrogens is 2. The maximum absolute atomic E-state index is 11.9. The van der Waals surface area contributed by atoms with Crippen molar-refractivity contribution in [2.75, 3.05) is 13.1 Å². The van der Waals surface area contributed by atoms with E-state index in [2.05, 4.69) is 14.9 Å². The number of H-pyrrole nitrogens is 1. The van der Waals surface area contributed by atoms with Gasteiger partial charge in [-0.2, -0.15) is 5.10 Å². The van der Waals surface area contributed by atoms with Crippen LogP contribution in [0.1, 0.15) is 19.8 Å². The zero-order chi connectivity index (χ0) is 13.2. The summed E-state index contributed by atoms with van der Waals surface area (Å²) in [5.41, 5.74) is 0. The van der Waals surface area contributed by atoms with Gasteiger partial charge in [0.15, 0.2) is 0 Å². The molecule has 0 spiro atoms. The van der Waals surface area contributed by atoms with Crippen LogP contribution in [0.3, 0.4) is 0 Å². The highest BCUT2D eigenvalue weighted by Crippen LogP contribution is 2.11. The van der Waals surface area contributed by atoms with Crippen LogP contribution in [0.5, 0.6) is 0 Å². The average molecular weight is 272 g/mol. The van der Waals surface area contributed by atoms with Gasteiger partial charge in [0.2, 0.25) is 15.9 Å². The van der Waals surface area contributed by atoms with Crippen LogP contribution in [0, 0.1) is 0 Å². The van der Waals surface area contributed by atoms with Gasteiger partial charge in [-0.1, -0.05) is 0 Å². The van der Waals surface area contributed by atoms with Crippen molar-refractivity contribution in [1.82, 2.24) is 19.8 Å². The molecule has 18 heavy (non-hydrogen) atoms. The number of nitrogens with zero attached hydrogens (tertiary/aromatic N) is 2. The van der Waals surface area contributed by atoms with Gasteiger partial charge in [0, 0.05) is 31.7 Å². The molecule has 2 N–H and O–H groups in total. The minimum absolute atomic E-state index is 0.0874. The van der Waals surface area contributed by atoms with Gasteiger partial charge in [0.25, 0.3) is 0 Å². The second-order valence-corrected chi connectivity index (χ2v) is 6.11. The molecule has 1 amide bonds. The van der Waals surface area contributed by atoms with Crippen molar-refractivity contribution in [2.24, 2.45) is 0 Å². The lowest BCUT2D eigenvalue weighted by Gasteiger charge is -2.21. The molecule has 1 aromatic rings. The van der Waals surface area contributed by atoms with E-state index in [9.17, 15) is 13.2 Å². The molecule has 1 unspecified atom stereocenters. The van der Waals surface area contributed by atoms with Gasteiger partial charge >= 0.3 is 0 Å². The van der Waals surface area contributed by atoms with Gasteiger partial charge in [0.1, 0.15) is 4.90 Å². The summed E-state index contributed by atoms with van der Waals surface area (Å²) in [6.45, 7) is 2.84. The predicted molar refractivity (Wildman–Crippen MR) is 64.2 cm³/mol. The van der Waals surface area contributed by atoms with Crippen molar-refractivity contribution < 1.29 is 13.2 Å². The van der Waals surface area contributed by atoms with E-state index in [0.717, 1.165) is 6.42 Å². The first-order valence-electron chi connectivity index (χ1n) is 5.78. The molecule has 100 valence electrons. The van der Waals surface area contributed by atoms with Crippen LogP contribution in [-0.4, -0.2) is 48.6 Å². The lowest BCUT2D eigenvalue weighted by atomic mass is 10.3. The average Bonchev–Trinajstić information content (AvgIpc) is 2.90. The lowest BCUT2D eigenvalue weighted by Crippen LogP contribution is -2.42. The van der Waals surface area contributed by atoms with E-state index in [1.807, 2.05) is 0 Å². The third kappa shape index (κ3) is 2.88. The van der Waals surface area contributed by atoms with Crippen molar-refractivity contribution in [2.45, 2.75) is 30.7 Å². The number of likely N-dealkylation sites (tertiary alicyclic amines) is 1. The summed E-state index contributed by atoms with van der Waals surface area (Å²) in [6, 6.07) is -0.327. The quantitative estimate of drug-likeness (QED) is 0.769. The van der Waals surface area contributed by atoms with E-state index in [1.165, 1.54) is 12.4 Å². The summed E-state index contributed by atoms with van der Waals surface area (Å²) in [5.74, 6) is 0.0874. The number of hydrogen-bond acceptors (Lipinski definition) is 4.